The summed E-state index contributed by atoms with van der Waals surface area (Å²) in [6.45, 7) is 1.97. The van der Waals surface area contributed by atoms with Gasteiger partial charge in [0, 0.05) is 23.5 Å². The van der Waals surface area contributed by atoms with Crippen LogP contribution in [0.15, 0.2) is 36.5 Å². The van der Waals surface area contributed by atoms with Crippen LogP contribution in [0.2, 0.25) is 10.0 Å². The summed E-state index contributed by atoms with van der Waals surface area (Å²) < 4.78 is 6.23. The van der Waals surface area contributed by atoms with Crippen LogP contribution in [0.1, 0.15) is 23.6 Å². The van der Waals surface area contributed by atoms with Crippen LogP contribution >= 0.6 is 23.2 Å². The van der Waals surface area contributed by atoms with Gasteiger partial charge in [0.2, 0.25) is 5.91 Å². The summed E-state index contributed by atoms with van der Waals surface area (Å²) >= 11 is 12.0. The van der Waals surface area contributed by atoms with E-state index in [0.717, 1.165) is 11.3 Å². The molecule has 26 heavy (non-hydrogen) atoms. The zero-order valence-corrected chi connectivity index (χ0v) is 15.7. The van der Waals surface area contributed by atoms with E-state index in [1.807, 2.05) is 19.2 Å². The van der Waals surface area contributed by atoms with Crippen molar-refractivity contribution in [2.24, 2.45) is 17.8 Å². The maximum atomic E-state index is 13.2. The third-order valence-corrected chi connectivity index (χ3v) is 6.68. The maximum absolute atomic E-state index is 13.2. The number of carbonyl (C=O) groups excluding carboxylic acids is 1. The minimum absolute atomic E-state index is 0.00578. The zero-order valence-electron chi connectivity index (χ0n) is 14.2. The molecule has 3 fully saturated rings. The number of hydrogen-bond donors (Lipinski definition) is 1. The van der Waals surface area contributed by atoms with Crippen molar-refractivity contribution in [3.63, 3.8) is 0 Å². The van der Waals surface area contributed by atoms with Gasteiger partial charge in [-0.15, -0.1) is 0 Å². The molecule has 6 atom stereocenters. The number of ether oxygens (including phenoxy) is 1. The Morgan fingerprint density at radius 1 is 1.15 bits per heavy atom. The van der Waals surface area contributed by atoms with Crippen LogP contribution in [0.4, 0.5) is 5.69 Å². The smallest absolute Gasteiger partial charge is 0.230 e. The van der Waals surface area contributed by atoms with E-state index >= 15 is 0 Å². The second kappa shape index (κ2) is 5.95. The lowest BCUT2D eigenvalue weighted by atomic mass is 9.75. The van der Waals surface area contributed by atoms with Crippen molar-refractivity contribution in [3.05, 3.63) is 57.8 Å². The van der Waals surface area contributed by atoms with E-state index in [1.54, 1.807) is 18.2 Å². The number of hydrogen-bond acceptors (Lipinski definition) is 3. The highest BCUT2D eigenvalue weighted by Crippen LogP contribution is 2.65. The second-order valence-corrected chi connectivity index (χ2v) is 8.34. The van der Waals surface area contributed by atoms with Crippen molar-refractivity contribution in [1.29, 1.82) is 0 Å². The molecule has 1 aliphatic carbocycles. The maximum Gasteiger partial charge on any atom is 0.230 e. The topological polar surface area (TPSA) is 51.2 Å². The van der Waals surface area contributed by atoms with Crippen molar-refractivity contribution in [1.82, 2.24) is 4.98 Å². The Bertz CT molecular complexity index is 903. The predicted octanol–water partition coefficient (Wildman–Crippen LogP) is 4.45. The first-order chi connectivity index (χ1) is 12.5. The van der Waals surface area contributed by atoms with E-state index < -0.39 is 0 Å². The number of aryl methyl sites for hydroxylation is 1. The normalized spacial score (nSPS) is 33.8. The van der Waals surface area contributed by atoms with Crippen molar-refractivity contribution in [3.8, 4) is 0 Å². The lowest BCUT2D eigenvalue weighted by Crippen LogP contribution is -2.37. The Kier molecular flexibility index (Phi) is 3.78. The third kappa shape index (κ3) is 2.55. The average molecular weight is 389 g/mol. The van der Waals surface area contributed by atoms with E-state index in [9.17, 15) is 4.79 Å². The summed E-state index contributed by atoms with van der Waals surface area (Å²) in [6.07, 6.45) is 3.13. The Hall–Kier alpha value is -1.62. The fourth-order valence-corrected chi connectivity index (χ4v) is 5.07. The molecule has 2 bridgehead atoms. The Balaban J connectivity index is 1.45. The van der Waals surface area contributed by atoms with Gasteiger partial charge >= 0.3 is 0 Å². The molecule has 1 aromatic carbocycles. The number of carbonyl (C=O) groups is 1. The van der Waals surface area contributed by atoms with Crippen LogP contribution < -0.4 is 5.32 Å². The number of amides is 1. The standard InChI is InChI=1S/C20H18Cl2N2O2/c1-9-6-10(4-5-23-9)16-17(19-13-8-12(13)18(16)26-19)20(25)24-11-2-3-14(21)15(22)7-11/h2-7,12-13,16-19H,8H2,1H3,(H,24,25). The number of nitrogens with one attached hydrogen (secondary N) is 1. The number of rotatable bonds is 3. The molecule has 2 aromatic rings. The van der Waals surface area contributed by atoms with Gasteiger partial charge in [-0.25, -0.2) is 0 Å². The molecular formula is C20H18Cl2N2O2. The minimum atomic E-state index is -0.194. The van der Waals surface area contributed by atoms with Crippen LogP contribution in [-0.2, 0) is 9.53 Å². The van der Waals surface area contributed by atoms with Gasteiger partial charge in [0.1, 0.15) is 0 Å². The molecule has 0 spiro atoms. The number of nitrogens with zero attached hydrogens (tertiary/aromatic N) is 1. The second-order valence-electron chi connectivity index (χ2n) is 7.53. The van der Waals surface area contributed by atoms with E-state index in [2.05, 4.69) is 16.4 Å². The molecule has 6 heteroatoms. The lowest BCUT2D eigenvalue weighted by molar-refractivity contribution is -0.122. The molecule has 3 heterocycles. The fourth-order valence-electron chi connectivity index (χ4n) is 4.77. The SMILES string of the molecule is Cc1cc(C2C3OC(C4CC43)C2C(=O)Nc2ccc(Cl)c(Cl)c2)ccn1. The summed E-state index contributed by atoms with van der Waals surface area (Å²) in [5.74, 6) is 1.00. The van der Waals surface area contributed by atoms with Crippen LogP contribution in [0, 0.1) is 24.7 Å². The minimum Gasteiger partial charge on any atom is -0.373 e. The molecule has 2 aliphatic heterocycles. The molecule has 2 saturated heterocycles. The summed E-state index contributed by atoms with van der Waals surface area (Å²) in [4.78, 5) is 17.4. The van der Waals surface area contributed by atoms with E-state index in [4.69, 9.17) is 27.9 Å². The predicted molar refractivity (Wildman–Crippen MR) is 101 cm³/mol. The van der Waals surface area contributed by atoms with Gasteiger partial charge in [0.25, 0.3) is 0 Å². The molecular weight excluding hydrogens is 371 g/mol. The molecule has 4 nitrogen and oxygen atoms in total. The first kappa shape index (κ1) is 16.5. The Morgan fingerprint density at radius 3 is 2.73 bits per heavy atom. The summed E-state index contributed by atoms with van der Waals surface area (Å²) in [6, 6.07) is 9.23. The highest BCUT2D eigenvalue weighted by molar-refractivity contribution is 6.42. The van der Waals surface area contributed by atoms with Gasteiger partial charge in [-0.1, -0.05) is 23.2 Å². The first-order valence-corrected chi connectivity index (χ1v) is 9.62. The van der Waals surface area contributed by atoms with Crippen LogP contribution in [0.3, 0.4) is 0 Å². The van der Waals surface area contributed by atoms with Crippen LogP contribution in [0.5, 0.6) is 0 Å². The Labute approximate surface area is 161 Å². The molecule has 3 aliphatic rings. The number of halogens is 2. The van der Waals surface area contributed by atoms with Gasteiger partial charge in [-0.2, -0.15) is 0 Å². The number of pyridine rings is 1. The van der Waals surface area contributed by atoms with Crippen molar-refractivity contribution in [2.75, 3.05) is 5.32 Å². The molecule has 0 radical (unpaired) electrons. The fraction of sp³-hybridized carbons (Fsp3) is 0.400. The average Bonchev–Trinajstić information content (AvgIpc) is 3.22. The summed E-state index contributed by atoms with van der Waals surface area (Å²) in [7, 11) is 0. The number of anilines is 1. The van der Waals surface area contributed by atoms with Gasteiger partial charge in [-0.05, 0) is 61.1 Å². The number of benzene rings is 1. The van der Waals surface area contributed by atoms with Gasteiger partial charge in [0.15, 0.2) is 0 Å². The van der Waals surface area contributed by atoms with Gasteiger partial charge in [0.05, 0.1) is 28.2 Å². The van der Waals surface area contributed by atoms with Gasteiger partial charge in [-0.3, -0.25) is 9.78 Å². The quantitative estimate of drug-likeness (QED) is 0.844. The van der Waals surface area contributed by atoms with E-state index in [-0.39, 0.29) is 30.0 Å². The van der Waals surface area contributed by atoms with Crippen LogP contribution in [0.25, 0.3) is 0 Å². The van der Waals surface area contributed by atoms with Crippen molar-refractivity contribution >= 4 is 34.8 Å². The molecule has 6 unspecified atom stereocenters. The third-order valence-electron chi connectivity index (χ3n) is 5.94. The monoisotopic (exact) mass is 388 g/mol. The molecule has 1 aromatic heterocycles. The van der Waals surface area contributed by atoms with E-state index in [0.29, 0.717) is 27.6 Å². The van der Waals surface area contributed by atoms with E-state index in [1.165, 1.54) is 6.42 Å². The Morgan fingerprint density at radius 2 is 1.96 bits per heavy atom. The number of aromatic nitrogens is 1. The molecule has 1 amide bonds. The highest BCUT2D eigenvalue weighted by atomic mass is 35.5. The molecule has 1 saturated carbocycles. The van der Waals surface area contributed by atoms with Crippen molar-refractivity contribution in [2.45, 2.75) is 31.5 Å². The highest BCUT2D eigenvalue weighted by Gasteiger charge is 2.68. The van der Waals surface area contributed by atoms with Crippen molar-refractivity contribution < 1.29 is 9.53 Å². The molecule has 1 N–H and O–H groups in total. The molecule has 5 rings (SSSR count). The zero-order chi connectivity index (χ0) is 18.0. The summed E-state index contributed by atoms with van der Waals surface area (Å²) in [5, 5.41) is 3.91. The first-order valence-electron chi connectivity index (χ1n) is 8.87. The number of fused-ring (bicyclic) bond motifs is 5. The molecule has 134 valence electrons. The van der Waals surface area contributed by atoms with Gasteiger partial charge < -0.3 is 10.1 Å². The summed E-state index contributed by atoms with van der Waals surface area (Å²) in [5.41, 5.74) is 2.76. The lowest BCUT2D eigenvalue weighted by Gasteiger charge is -2.27. The largest absolute Gasteiger partial charge is 0.373 e. The van der Waals surface area contributed by atoms with Crippen LogP contribution in [-0.4, -0.2) is 23.1 Å².